The van der Waals surface area contributed by atoms with Crippen molar-refractivity contribution in [3.05, 3.63) is 54.0 Å². The number of hydrogen-bond donors (Lipinski definition) is 1. The number of hydrogen-bond acceptors (Lipinski definition) is 6. The zero-order valence-corrected chi connectivity index (χ0v) is 13.2. The fourth-order valence-corrected chi connectivity index (χ4v) is 2.45. The molecule has 0 spiro atoms. The average Bonchev–Trinajstić information content (AvgIpc) is 3.33. The molecule has 122 valence electrons. The highest BCUT2D eigenvalue weighted by Crippen LogP contribution is 2.29. The van der Waals surface area contributed by atoms with Crippen LogP contribution in [0.3, 0.4) is 0 Å². The normalized spacial score (nSPS) is 13.8. The Morgan fingerprint density at radius 3 is 2.88 bits per heavy atom. The summed E-state index contributed by atoms with van der Waals surface area (Å²) >= 11 is 0. The van der Waals surface area contributed by atoms with Crippen LogP contribution in [-0.2, 0) is 6.42 Å². The number of anilines is 1. The number of rotatable bonds is 6. The molecule has 3 aromatic heterocycles. The van der Waals surface area contributed by atoms with Crippen LogP contribution >= 0.6 is 0 Å². The van der Waals surface area contributed by atoms with Gasteiger partial charge in [-0.15, -0.1) is 0 Å². The zero-order chi connectivity index (χ0) is 16.4. The molecule has 0 atom stereocenters. The predicted molar refractivity (Wildman–Crippen MR) is 89.4 cm³/mol. The van der Waals surface area contributed by atoms with E-state index in [-0.39, 0.29) is 0 Å². The largest absolute Gasteiger partial charge is 0.477 e. The van der Waals surface area contributed by atoms with Crippen LogP contribution in [0.2, 0.25) is 0 Å². The molecule has 0 amide bonds. The van der Waals surface area contributed by atoms with Crippen molar-refractivity contribution in [1.82, 2.24) is 15.1 Å². The molecule has 0 radical (unpaired) electrons. The van der Waals surface area contributed by atoms with Crippen LogP contribution in [-0.4, -0.2) is 21.7 Å². The lowest BCUT2D eigenvalue weighted by Crippen LogP contribution is -2.00. The van der Waals surface area contributed by atoms with Gasteiger partial charge in [0.25, 0.3) is 0 Å². The van der Waals surface area contributed by atoms with Gasteiger partial charge in [0.05, 0.1) is 17.9 Å². The summed E-state index contributed by atoms with van der Waals surface area (Å²) in [5.74, 6) is 2.45. The first kappa shape index (κ1) is 14.7. The topological polar surface area (TPSA) is 87.1 Å². The smallest absolute Gasteiger partial charge is 0.213 e. The van der Waals surface area contributed by atoms with E-state index in [2.05, 4.69) is 15.1 Å². The molecule has 6 heteroatoms. The fraction of sp³-hybridized carbons (Fsp3) is 0.278. The second-order valence-electron chi connectivity index (χ2n) is 6.05. The summed E-state index contributed by atoms with van der Waals surface area (Å²) in [6, 6.07) is 9.46. The Hall–Kier alpha value is -2.89. The van der Waals surface area contributed by atoms with Crippen LogP contribution in [0.1, 0.15) is 24.1 Å². The van der Waals surface area contributed by atoms with Gasteiger partial charge in [0.1, 0.15) is 5.82 Å². The van der Waals surface area contributed by atoms with E-state index in [1.54, 1.807) is 6.20 Å². The van der Waals surface area contributed by atoms with Gasteiger partial charge in [-0.05, 0) is 36.5 Å². The van der Waals surface area contributed by atoms with Gasteiger partial charge in [0.2, 0.25) is 5.88 Å². The molecule has 1 saturated carbocycles. The number of nitrogen functional groups attached to an aromatic ring is 1. The van der Waals surface area contributed by atoms with E-state index >= 15 is 0 Å². The average molecular weight is 322 g/mol. The molecular formula is C18H18N4O2. The molecule has 3 aromatic rings. The summed E-state index contributed by atoms with van der Waals surface area (Å²) in [7, 11) is 0. The molecule has 1 fully saturated rings. The molecule has 1 aliphatic rings. The quantitative estimate of drug-likeness (QED) is 0.750. The van der Waals surface area contributed by atoms with Gasteiger partial charge in [-0.25, -0.2) is 9.97 Å². The molecule has 6 nitrogen and oxygen atoms in total. The molecule has 0 aliphatic heterocycles. The summed E-state index contributed by atoms with van der Waals surface area (Å²) in [5, 5.41) is 4.10. The summed E-state index contributed by atoms with van der Waals surface area (Å²) in [4.78, 5) is 8.40. The van der Waals surface area contributed by atoms with E-state index < -0.39 is 0 Å². The van der Waals surface area contributed by atoms with Gasteiger partial charge >= 0.3 is 0 Å². The molecule has 0 aromatic carbocycles. The molecule has 24 heavy (non-hydrogen) atoms. The minimum absolute atomic E-state index is 0.430. The van der Waals surface area contributed by atoms with Crippen LogP contribution in [0, 0.1) is 5.92 Å². The van der Waals surface area contributed by atoms with Crippen LogP contribution < -0.4 is 10.5 Å². The van der Waals surface area contributed by atoms with E-state index in [0.29, 0.717) is 23.9 Å². The van der Waals surface area contributed by atoms with E-state index in [1.165, 1.54) is 12.8 Å². The fourth-order valence-electron chi connectivity index (χ4n) is 2.45. The van der Waals surface area contributed by atoms with Crippen LogP contribution in [0.15, 0.2) is 47.2 Å². The standard InChI is InChI=1S/C18H18N4O2/c19-18-15(2-1-7-20-18)16-9-14(22-24-16)8-13-5-6-17(21-10-13)23-11-12-3-4-12/h1-2,5-7,9-10,12H,3-4,8,11H2,(H2,19,20). The lowest BCUT2D eigenvalue weighted by atomic mass is 10.1. The van der Waals surface area contributed by atoms with Crippen LogP contribution in [0.4, 0.5) is 5.82 Å². The second-order valence-corrected chi connectivity index (χ2v) is 6.05. The Labute approximate surface area is 139 Å². The van der Waals surface area contributed by atoms with Crippen molar-refractivity contribution in [3.8, 4) is 17.2 Å². The third kappa shape index (κ3) is 3.37. The first-order valence-electron chi connectivity index (χ1n) is 8.02. The van der Waals surface area contributed by atoms with E-state index in [1.807, 2.05) is 36.5 Å². The van der Waals surface area contributed by atoms with Gasteiger partial charge < -0.3 is 15.0 Å². The van der Waals surface area contributed by atoms with E-state index in [9.17, 15) is 0 Å². The Balaban J connectivity index is 1.42. The zero-order valence-electron chi connectivity index (χ0n) is 13.2. The molecule has 0 saturated heterocycles. The van der Waals surface area contributed by atoms with Crippen LogP contribution in [0.5, 0.6) is 5.88 Å². The maximum Gasteiger partial charge on any atom is 0.213 e. The van der Waals surface area contributed by atoms with Crippen molar-refractivity contribution in [1.29, 1.82) is 0 Å². The molecule has 0 bridgehead atoms. The van der Waals surface area contributed by atoms with Gasteiger partial charge in [-0.3, -0.25) is 0 Å². The van der Waals surface area contributed by atoms with Gasteiger partial charge in [-0.1, -0.05) is 11.2 Å². The lowest BCUT2D eigenvalue weighted by molar-refractivity contribution is 0.288. The molecule has 1 aliphatic carbocycles. The van der Waals surface area contributed by atoms with Gasteiger partial charge in [-0.2, -0.15) is 0 Å². The maximum atomic E-state index is 5.86. The minimum Gasteiger partial charge on any atom is -0.477 e. The van der Waals surface area contributed by atoms with Crippen molar-refractivity contribution < 1.29 is 9.26 Å². The first-order valence-corrected chi connectivity index (χ1v) is 8.02. The maximum absolute atomic E-state index is 5.86. The number of ether oxygens (including phenoxy) is 1. The molecule has 2 N–H and O–H groups in total. The van der Waals surface area contributed by atoms with Gasteiger partial charge in [0, 0.05) is 30.9 Å². The molecular weight excluding hydrogens is 304 g/mol. The minimum atomic E-state index is 0.430. The summed E-state index contributed by atoms with van der Waals surface area (Å²) in [5.41, 5.74) is 8.48. The SMILES string of the molecule is Nc1ncccc1-c1cc(Cc2ccc(OCC3CC3)nc2)no1. The number of nitrogens with zero attached hydrogens (tertiary/aromatic N) is 3. The highest BCUT2D eigenvalue weighted by molar-refractivity contribution is 5.69. The Morgan fingerprint density at radius 2 is 2.12 bits per heavy atom. The Bertz CT molecular complexity index is 825. The third-order valence-corrected chi connectivity index (χ3v) is 4.01. The first-order chi connectivity index (χ1) is 11.8. The highest BCUT2D eigenvalue weighted by atomic mass is 16.5. The van der Waals surface area contributed by atoms with Crippen molar-refractivity contribution in [2.75, 3.05) is 12.3 Å². The van der Waals surface area contributed by atoms with Crippen molar-refractivity contribution in [3.63, 3.8) is 0 Å². The van der Waals surface area contributed by atoms with Crippen molar-refractivity contribution in [2.24, 2.45) is 5.92 Å². The van der Waals surface area contributed by atoms with Gasteiger partial charge in [0.15, 0.2) is 5.76 Å². The van der Waals surface area contributed by atoms with E-state index in [4.69, 9.17) is 15.0 Å². The lowest BCUT2D eigenvalue weighted by Gasteiger charge is -2.04. The molecule has 3 heterocycles. The molecule has 4 rings (SSSR count). The summed E-state index contributed by atoms with van der Waals surface area (Å²) in [6.45, 7) is 0.769. The molecule has 0 unspecified atom stereocenters. The highest BCUT2D eigenvalue weighted by Gasteiger charge is 2.22. The monoisotopic (exact) mass is 322 g/mol. The van der Waals surface area contributed by atoms with E-state index in [0.717, 1.165) is 29.3 Å². The predicted octanol–water partition coefficient (Wildman–Crippen LogP) is 3.09. The summed E-state index contributed by atoms with van der Waals surface area (Å²) < 4.78 is 11.0. The summed E-state index contributed by atoms with van der Waals surface area (Å²) in [6.07, 6.45) is 6.64. The Kier molecular flexibility index (Phi) is 3.86. The number of nitrogens with two attached hydrogens (primary N) is 1. The number of pyridine rings is 2. The van der Waals surface area contributed by atoms with Crippen molar-refractivity contribution >= 4 is 5.82 Å². The number of aromatic nitrogens is 3. The Morgan fingerprint density at radius 1 is 1.21 bits per heavy atom. The third-order valence-electron chi connectivity index (χ3n) is 4.01. The van der Waals surface area contributed by atoms with Crippen molar-refractivity contribution in [2.45, 2.75) is 19.3 Å². The van der Waals surface area contributed by atoms with Crippen LogP contribution in [0.25, 0.3) is 11.3 Å². The second kappa shape index (κ2) is 6.31.